The molecule has 0 saturated carbocycles. The monoisotopic (exact) mass is 392 g/mol. The molecule has 6 heteroatoms. The first-order valence-electron chi connectivity index (χ1n) is 10.1. The highest BCUT2D eigenvalue weighted by atomic mass is 16.5. The predicted octanol–water partition coefficient (Wildman–Crippen LogP) is 1.98. The number of terminal acetylenes is 2. The van der Waals surface area contributed by atoms with Gasteiger partial charge in [0.05, 0.1) is 13.0 Å². The maximum Gasteiger partial charge on any atom is 0.307 e. The minimum atomic E-state index is -0.218. The number of aldehydes is 1. The molecular weight excluding hydrogens is 356 g/mol. The van der Waals surface area contributed by atoms with Crippen molar-refractivity contribution in [3.8, 4) is 24.7 Å². The second kappa shape index (κ2) is 19.9. The lowest BCUT2D eigenvalue weighted by Crippen LogP contribution is -2.39. The van der Waals surface area contributed by atoms with Crippen LogP contribution in [0.25, 0.3) is 0 Å². The molecule has 0 spiro atoms. The van der Waals surface area contributed by atoms with Crippen LogP contribution in [0.2, 0.25) is 0 Å². The number of ether oxygens (including phenoxy) is 2. The van der Waals surface area contributed by atoms with Crippen LogP contribution in [-0.2, 0) is 19.1 Å². The maximum atomic E-state index is 11.6. The van der Waals surface area contributed by atoms with Gasteiger partial charge in [-0.1, -0.05) is 6.42 Å². The van der Waals surface area contributed by atoms with Gasteiger partial charge in [-0.05, 0) is 25.9 Å². The largest absolute Gasteiger partial charge is 0.465 e. The lowest BCUT2D eigenvalue weighted by Gasteiger charge is -2.29. The number of hydrogen-bond acceptors (Lipinski definition) is 6. The third-order valence-electron chi connectivity index (χ3n) is 4.34. The summed E-state index contributed by atoms with van der Waals surface area (Å²) in [4.78, 5) is 26.8. The van der Waals surface area contributed by atoms with E-state index in [1.165, 1.54) is 19.3 Å². The molecular formula is C22H36N2O4. The zero-order valence-corrected chi connectivity index (χ0v) is 17.4. The topological polar surface area (TPSA) is 59.1 Å². The zero-order chi connectivity index (χ0) is 20.9. The number of nitrogens with zero attached hydrogens (tertiary/aromatic N) is 2. The van der Waals surface area contributed by atoms with Crippen molar-refractivity contribution in [2.24, 2.45) is 0 Å². The summed E-state index contributed by atoms with van der Waals surface area (Å²) >= 11 is 0. The number of carbonyl (C=O) groups excluding carboxylic acids is 2. The molecule has 28 heavy (non-hydrogen) atoms. The Balaban J connectivity index is 0.00000105. The number of rotatable bonds is 13. The molecule has 1 aliphatic rings. The van der Waals surface area contributed by atoms with E-state index in [0.29, 0.717) is 39.0 Å². The molecule has 0 N–H and O–H groups in total. The molecule has 1 fully saturated rings. The van der Waals surface area contributed by atoms with Gasteiger partial charge in [0.15, 0.2) is 0 Å². The van der Waals surface area contributed by atoms with Gasteiger partial charge in [-0.3, -0.25) is 4.79 Å². The summed E-state index contributed by atoms with van der Waals surface area (Å²) in [6.45, 7) is 6.53. The molecule has 0 aromatic carbocycles. The Kier molecular flexibility index (Phi) is 18.6. The van der Waals surface area contributed by atoms with Crippen LogP contribution >= 0.6 is 0 Å². The molecule has 0 aliphatic carbocycles. The fourth-order valence-electron chi connectivity index (χ4n) is 2.74. The molecule has 0 unspecified atom stereocenters. The normalized spacial score (nSPS) is 13.7. The summed E-state index contributed by atoms with van der Waals surface area (Å²) in [6.07, 6.45) is 16.8. The van der Waals surface area contributed by atoms with Crippen molar-refractivity contribution in [1.29, 1.82) is 0 Å². The minimum Gasteiger partial charge on any atom is -0.465 e. The Morgan fingerprint density at radius 2 is 1.75 bits per heavy atom. The highest BCUT2D eigenvalue weighted by Crippen LogP contribution is 2.08. The third kappa shape index (κ3) is 16.3. The van der Waals surface area contributed by atoms with Gasteiger partial charge in [-0.2, -0.15) is 0 Å². The van der Waals surface area contributed by atoms with Gasteiger partial charge in [0.1, 0.15) is 12.9 Å². The summed E-state index contributed by atoms with van der Waals surface area (Å²) in [5, 5.41) is 0. The van der Waals surface area contributed by atoms with Gasteiger partial charge in [0.25, 0.3) is 0 Å². The number of hydrogen-bond donors (Lipinski definition) is 0. The standard InChI is InChI=1S/C17H28N2O3.C5H8O/c1-2-3-16-22-17(21)8-12-19(11-7-15-20)14-13-18-9-5-4-6-10-18;1-3-4-5-6-2/h1,15H,3-14,16H2;1H,4-5H2,2H3. The molecule has 0 radical (unpaired) electrons. The van der Waals surface area contributed by atoms with Crippen LogP contribution in [0.5, 0.6) is 0 Å². The summed E-state index contributed by atoms with van der Waals surface area (Å²) in [5.41, 5.74) is 0. The predicted molar refractivity (Wildman–Crippen MR) is 112 cm³/mol. The van der Waals surface area contributed by atoms with Crippen molar-refractivity contribution in [2.45, 2.75) is 44.9 Å². The van der Waals surface area contributed by atoms with Crippen molar-refractivity contribution < 1.29 is 19.1 Å². The van der Waals surface area contributed by atoms with E-state index >= 15 is 0 Å². The summed E-state index contributed by atoms with van der Waals surface area (Å²) in [5.74, 6) is 4.67. The van der Waals surface area contributed by atoms with Gasteiger partial charge in [-0.15, -0.1) is 24.7 Å². The highest BCUT2D eigenvalue weighted by molar-refractivity contribution is 5.69. The first-order chi connectivity index (χ1) is 13.7. The second-order valence-electron chi connectivity index (χ2n) is 6.57. The van der Waals surface area contributed by atoms with Gasteiger partial charge in [0, 0.05) is 52.6 Å². The molecule has 1 heterocycles. The van der Waals surface area contributed by atoms with Crippen LogP contribution in [-0.4, -0.2) is 81.6 Å². The number of carbonyl (C=O) groups is 2. The Morgan fingerprint density at radius 3 is 2.32 bits per heavy atom. The number of esters is 1. The Labute approximate surface area is 170 Å². The Bertz CT molecular complexity index is 476. The Hall–Kier alpha value is -1.86. The molecule has 0 amide bonds. The van der Waals surface area contributed by atoms with Crippen LogP contribution in [0.1, 0.15) is 44.9 Å². The molecule has 158 valence electrons. The van der Waals surface area contributed by atoms with E-state index in [9.17, 15) is 9.59 Å². The summed E-state index contributed by atoms with van der Waals surface area (Å²) in [6, 6.07) is 0. The summed E-state index contributed by atoms with van der Waals surface area (Å²) < 4.78 is 9.68. The van der Waals surface area contributed by atoms with Crippen molar-refractivity contribution in [3.05, 3.63) is 0 Å². The minimum absolute atomic E-state index is 0.218. The molecule has 1 aliphatic heterocycles. The average Bonchev–Trinajstić information content (AvgIpc) is 2.73. The van der Waals surface area contributed by atoms with Crippen LogP contribution in [0.3, 0.4) is 0 Å². The fraction of sp³-hybridized carbons (Fsp3) is 0.727. The van der Waals surface area contributed by atoms with E-state index in [0.717, 1.165) is 38.9 Å². The fourth-order valence-corrected chi connectivity index (χ4v) is 2.74. The third-order valence-corrected chi connectivity index (χ3v) is 4.34. The van der Waals surface area contributed by atoms with Crippen molar-refractivity contribution >= 4 is 12.3 Å². The lowest BCUT2D eigenvalue weighted by molar-refractivity contribution is -0.143. The van der Waals surface area contributed by atoms with E-state index in [4.69, 9.17) is 17.6 Å². The van der Waals surface area contributed by atoms with E-state index in [1.807, 2.05) is 0 Å². The van der Waals surface area contributed by atoms with Gasteiger partial charge in [0.2, 0.25) is 0 Å². The smallest absolute Gasteiger partial charge is 0.307 e. The molecule has 0 aromatic heterocycles. The van der Waals surface area contributed by atoms with Crippen LogP contribution in [0, 0.1) is 24.7 Å². The van der Waals surface area contributed by atoms with Crippen LogP contribution in [0.4, 0.5) is 0 Å². The molecule has 1 saturated heterocycles. The number of piperidine rings is 1. The lowest BCUT2D eigenvalue weighted by atomic mass is 10.1. The van der Waals surface area contributed by atoms with Crippen molar-refractivity contribution in [2.75, 3.05) is 59.6 Å². The molecule has 1 rings (SSSR count). The van der Waals surface area contributed by atoms with E-state index in [1.54, 1.807) is 7.11 Å². The first-order valence-corrected chi connectivity index (χ1v) is 10.1. The molecule has 6 nitrogen and oxygen atoms in total. The Morgan fingerprint density at radius 1 is 1.07 bits per heavy atom. The van der Waals surface area contributed by atoms with Crippen molar-refractivity contribution in [3.63, 3.8) is 0 Å². The average molecular weight is 393 g/mol. The zero-order valence-electron chi connectivity index (χ0n) is 17.4. The van der Waals surface area contributed by atoms with Gasteiger partial charge in [-0.25, -0.2) is 0 Å². The first kappa shape index (κ1) is 26.1. The second-order valence-corrected chi connectivity index (χ2v) is 6.57. The van der Waals surface area contributed by atoms with Crippen LogP contribution < -0.4 is 0 Å². The SMILES string of the molecule is C#CCCOC.C#CCCOC(=O)CCN(CCC=O)CCN1CCCCC1. The summed E-state index contributed by atoms with van der Waals surface area (Å²) in [7, 11) is 1.64. The van der Waals surface area contributed by atoms with Crippen LogP contribution in [0.15, 0.2) is 0 Å². The molecule has 0 bridgehead atoms. The van der Waals surface area contributed by atoms with Gasteiger partial charge < -0.3 is 24.1 Å². The van der Waals surface area contributed by atoms with Crippen molar-refractivity contribution in [1.82, 2.24) is 9.80 Å². The van der Waals surface area contributed by atoms with E-state index in [-0.39, 0.29) is 12.6 Å². The highest BCUT2D eigenvalue weighted by Gasteiger charge is 2.13. The van der Waals surface area contributed by atoms with E-state index < -0.39 is 0 Å². The van der Waals surface area contributed by atoms with Gasteiger partial charge >= 0.3 is 5.97 Å². The van der Waals surface area contributed by atoms with E-state index in [2.05, 4.69) is 26.4 Å². The molecule has 0 atom stereocenters. The number of likely N-dealkylation sites (tertiary alicyclic amines) is 1. The quantitative estimate of drug-likeness (QED) is 0.207. The number of methoxy groups -OCH3 is 1. The maximum absolute atomic E-state index is 11.6. The molecule has 0 aromatic rings.